The molecular weight excluding hydrogens is 299 g/mol. The maximum Gasteiger partial charge on any atom is 0.304 e. The zero-order valence-corrected chi connectivity index (χ0v) is 11.2. The van der Waals surface area contributed by atoms with Crippen molar-refractivity contribution in [2.45, 2.75) is 18.9 Å². The van der Waals surface area contributed by atoms with Crippen molar-refractivity contribution in [2.24, 2.45) is 0 Å². The molecule has 0 saturated heterocycles. The number of sulfonamides is 1. The van der Waals surface area contributed by atoms with Gasteiger partial charge in [-0.2, -0.15) is 0 Å². The zero-order chi connectivity index (χ0) is 15.5. The van der Waals surface area contributed by atoms with Crippen LogP contribution >= 0.6 is 0 Å². The molecule has 112 valence electrons. The molecule has 0 saturated carbocycles. The highest BCUT2D eigenvalue weighted by atomic mass is 32.2. The molecule has 2 N–H and O–H groups in total. The average molecular weight is 311 g/mol. The van der Waals surface area contributed by atoms with E-state index in [1.54, 1.807) is 0 Å². The van der Waals surface area contributed by atoms with Gasteiger partial charge in [0.2, 0.25) is 10.0 Å². The number of aliphatic carboxylic acids is 1. The minimum atomic E-state index is -3.72. The first-order valence-corrected chi connectivity index (χ1v) is 7.30. The molecule has 0 bridgehead atoms. The third kappa shape index (κ3) is 5.17. The Bertz CT molecular complexity index is 618. The summed E-state index contributed by atoms with van der Waals surface area (Å²) in [4.78, 5) is 10.6. The summed E-state index contributed by atoms with van der Waals surface area (Å²) in [6, 6.07) is -0.270. The fraction of sp³-hybridized carbons (Fsp3) is 0.364. The molecule has 9 heteroatoms. The van der Waals surface area contributed by atoms with Crippen molar-refractivity contribution in [2.75, 3.05) is 6.26 Å². The summed E-state index contributed by atoms with van der Waals surface area (Å²) >= 11 is 0. The molecule has 0 heterocycles. The van der Waals surface area contributed by atoms with Gasteiger partial charge in [0.1, 0.15) is 5.82 Å². The molecule has 0 aliphatic rings. The predicted octanol–water partition coefficient (Wildman–Crippen LogP) is 1.04. The van der Waals surface area contributed by atoms with Crippen molar-refractivity contribution in [3.63, 3.8) is 0 Å². The molecule has 1 atom stereocenters. The zero-order valence-electron chi connectivity index (χ0n) is 10.4. The fourth-order valence-corrected chi connectivity index (χ4v) is 2.43. The number of benzene rings is 1. The Balaban J connectivity index is 3.00. The second-order valence-corrected chi connectivity index (χ2v) is 6.03. The lowest BCUT2D eigenvalue weighted by molar-refractivity contribution is -0.137. The van der Waals surface area contributed by atoms with E-state index in [0.29, 0.717) is 12.1 Å². The highest BCUT2D eigenvalue weighted by molar-refractivity contribution is 7.88. The molecule has 5 nitrogen and oxygen atoms in total. The van der Waals surface area contributed by atoms with Crippen LogP contribution in [0, 0.1) is 17.5 Å². The molecule has 1 rings (SSSR count). The number of carbonyl (C=O) groups is 1. The average Bonchev–Trinajstić information content (AvgIpc) is 2.22. The summed E-state index contributed by atoms with van der Waals surface area (Å²) in [5.41, 5.74) is -0.314. The molecule has 0 fully saturated rings. The summed E-state index contributed by atoms with van der Waals surface area (Å²) in [5.74, 6) is -5.06. The third-order valence-corrected chi connectivity index (χ3v) is 3.12. The first-order valence-electron chi connectivity index (χ1n) is 5.41. The lowest BCUT2D eigenvalue weighted by atomic mass is 10.0. The standard InChI is InChI=1S/C11H12F3NO4S/c1-20(18,19)15-7(4-11(16)17)2-6-3-9(13)10(14)5-8(6)12/h3,5,7,15H,2,4H2,1H3,(H,16,17)/t7-/m1/s1. The van der Waals surface area contributed by atoms with E-state index in [1.165, 1.54) is 0 Å². The van der Waals surface area contributed by atoms with Crippen LogP contribution in [0.4, 0.5) is 13.2 Å². The fourth-order valence-electron chi connectivity index (χ4n) is 1.65. The van der Waals surface area contributed by atoms with Crippen LogP contribution in [-0.2, 0) is 21.2 Å². The monoisotopic (exact) mass is 311 g/mol. The van der Waals surface area contributed by atoms with Crippen molar-refractivity contribution < 1.29 is 31.5 Å². The summed E-state index contributed by atoms with van der Waals surface area (Å²) in [6.45, 7) is 0. The van der Waals surface area contributed by atoms with Crippen molar-refractivity contribution in [1.29, 1.82) is 0 Å². The van der Waals surface area contributed by atoms with Crippen molar-refractivity contribution in [1.82, 2.24) is 4.72 Å². The lowest BCUT2D eigenvalue weighted by Crippen LogP contribution is -2.37. The largest absolute Gasteiger partial charge is 0.481 e. The molecule has 0 aliphatic carbocycles. The highest BCUT2D eigenvalue weighted by Gasteiger charge is 2.20. The molecular formula is C11H12F3NO4S. The number of halogens is 3. The van der Waals surface area contributed by atoms with Gasteiger partial charge in [0, 0.05) is 12.1 Å². The van der Waals surface area contributed by atoms with Gasteiger partial charge in [-0.05, 0) is 18.1 Å². The Labute approximate surface area is 113 Å². The van der Waals surface area contributed by atoms with E-state index < -0.39 is 52.3 Å². The topological polar surface area (TPSA) is 83.5 Å². The van der Waals surface area contributed by atoms with E-state index in [1.807, 2.05) is 4.72 Å². The Morgan fingerprint density at radius 1 is 1.25 bits per heavy atom. The second-order valence-electron chi connectivity index (χ2n) is 4.25. The van der Waals surface area contributed by atoms with Crippen LogP contribution < -0.4 is 4.72 Å². The van der Waals surface area contributed by atoms with Gasteiger partial charge in [0.25, 0.3) is 0 Å². The summed E-state index contributed by atoms with van der Waals surface area (Å²) in [7, 11) is -3.72. The van der Waals surface area contributed by atoms with Crippen molar-refractivity contribution in [3.05, 3.63) is 35.1 Å². The minimum Gasteiger partial charge on any atom is -0.481 e. The maximum atomic E-state index is 13.4. The molecule has 0 unspecified atom stereocenters. The smallest absolute Gasteiger partial charge is 0.304 e. The van der Waals surface area contributed by atoms with E-state index in [0.717, 1.165) is 6.26 Å². The van der Waals surface area contributed by atoms with E-state index >= 15 is 0 Å². The number of hydrogen-bond donors (Lipinski definition) is 2. The van der Waals surface area contributed by atoms with Gasteiger partial charge in [-0.3, -0.25) is 4.79 Å². The van der Waals surface area contributed by atoms with Crippen LogP contribution in [-0.4, -0.2) is 31.8 Å². The van der Waals surface area contributed by atoms with Gasteiger partial charge >= 0.3 is 5.97 Å². The molecule has 0 amide bonds. The Kier molecular flexibility index (Phi) is 5.12. The van der Waals surface area contributed by atoms with Gasteiger partial charge in [0.05, 0.1) is 12.7 Å². The highest BCUT2D eigenvalue weighted by Crippen LogP contribution is 2.16. The number of carboxylic acid groups (broad SMARTS) is 1. The van der Waals surface area contributed by atoms with Crippen molar-refractivity contribution >= 4 is 16.0 Å². The van der Waals surface area contributed by atoms with Gasteiger partial charge in [-0.15, -0.1) is 0 Å². The normalized spacial score (nSPS) is 13.2. The van der Waals surface area contributed by atoms with E-state index in [-0.39, 0.29) is 5.56 Å². The number of rotatable bonds is 6. The first-order chi connectivity index (χ1) is 9.08. The number of nitrogens with one attached hydrogen (secondary N) is 1. The second kappa shape index (κ2) is 6.23. The van der Waals surface area contributed by atoms with E-state index in [9.17, 15) is 26.4 Å². The maximum absolute atomic E-state index is 13.4. The molecule has 1 aromatic rings. The third-order valence-electron chi connectivity index (χ3n) is 2.36. The molecule has 0 radical (unpaired) electrons. The van der Waals surface area contributed by atoms with Gasteiger partial charge < -0.3 is 5.11 Å². The number of carboxylic acids is 1. The van der Waals surface area contributed by atoms with Gasteiger partial charge in [-0.1, -0.05) is 0 Å². The summed E-state index contributed by atoms with van der Waals surface area (Å²) in [6.07, 6.45) is -0.225. The van der Waals surface area contributed by atoms with Crippen LogP contribution in [0.3, 0.4) is 0 Å². The SMILES string of the molecule is CS(=O)(=O)N[C@@H](CC(=O)O)Cc1cc(F)c(F)cc1F. The molecule has 20 heavy (non-hydrogen) atoms. The molecule has 0 aromatic heterocycles. The summed E-state index contributed by atoms with van der Waals surface area (Å²) < 4.78 is 63.4. The molecule has 1 aromatic carbocycles. The van der Waals surface area contributed by atoms with Crippen LogP contribution in [0.25, 0.3) is 0 Å². The van der Waals surface area contributed by atoms with Crippen LogP contribution in [0.2, 0.25) is 0 Å². The van der Waals surface area contributed by atoms with Crippen LogP contribution in [0.5, 0.6) is 0 Å². The van der Waals surface area contributed by atoms with Gasteiger partial charge in [-0.25, -0.2) is 26.3 Å². The van der Waals surface area contributed by atoms with E-state index in [2.05, 4.69) is 0 Å². The minimum absolute atomic E-state index is 0.314. The Hall–Kier alpha value is -1.61. The summed E-state index contributed by atoms with van der Waals surface area (Å²) in [5, 5.41) is 8.66. The Morgan fingerprint density at radius 2 is 1.80 bits per heavy atom. The lowest BCUT2D eigenvalue weighted by Gasteiger charge is -2.16. The van der Waals surface area contributed by atoms with Crippen molar-refractivity contribution in [3.8, 4) is 0 Å². The van der Waals surface area contributed by atoms with Crippen LogP contribution in [0.1, 0.15) is 12.0 Å². The predicted molar refractivity (Wildman–Crippen MR) is 64.0 cm³/mol. The number of hydrogen-bond acceptors (Lipinski definition) is 3. The van der Waals surface area contributed by atoms with Crippen LogP contribution in [0.15, 0.2) is 12.1 Å². The van der Waals surface area contributed by atoms with Gasteiger partial charge in [0.15, 0.2) is 11.6 Å². The van der Waals surface area contributed by atoms with E-state index in [4.69, 9.17) is 5.11 Å². The molecule has 0 aliphatic heterocycles. The molecule has 0 spiro atoms. The Morgan fingerprint density at radius 3 is 2.30 bits per heavy atom. The first kappa shape index (κ1) is 16.4. The quantitative estimate of drug-likeness (QED) is 0.769.